The molecule has 6 heteroatoms. The number of carbonyl (C=O) groups is 1. The number of nitrogens with two attached hydrogens (primary N) is 1. The summed E-state index contributed by atoms with van der Waals surface area (Å²) < 4.78 is 1.59. The van der Waals surface area contributed by atoms with Crippen LogP contribution in [0.3, 0.4) is 0 Å². The Balaban J connectivity index is 0.00000225. The van der Waals surface area contributed by atoms with Gasteiger partial charge in [0.25, 0.3) is 5.91 Å². The Morgan fingerprint density at radius 1 is 1.69 bits per heavy atom. The van der Waals surface area contributed by atoms with E-state index in [0.717, 1.165) is 5.69 Å². The van der Waals surface area contributed by atoms with Gasteiger partial charge in [-0.3, -0.25) is 9.48 Å². The molecular formula is C10H19ClN4O. The quantitative estimate of drug-likeness (QED) is 0.848. The normalized spacial score (nSPS) is 11.8. The van der Waals surface area contributed by atoms with Crippen molar-refractivity contribution in [3.05, 3.63) is 17.5 Å². The number of halogens is 1. The van der Waals surface area contributed by atoms with Gasteiger partial charge in [0.1, 0.15) is 5.69 Å². The molecule has 0 aliphatic heterocycles. The lowest BCUT2D eigenvalue weighted by Crippen LogP contribution is -2.40. The summed E-state index contributed by atoms with van der Waals surface area (Å²) in [5, 5.41) is 4.14. The number of amides is 1. The van der Waals surface area contributed by atoms with Crippen LogP contribution in [0.25, 0.3) is 0 Å². The second-order valence-electron chi connectivity index (χ2n) is 3.80. The fraction of sp³-hybridized carbons (Fsp3) is 0.600. The van der Waals surface area contributed by atoms with Crippen molar-refractivity contribution in [2.24, 2.45) is 12.8 Å². The molecule has 0 radical (unpaired) electrons. The maximum Gasteiger partial charge on any atom is 0.272 e. The van der Waals surface area contributed by atoms with Crippen molar-refractivity contribution in [2.75, 3.05) is 13.6 Å². The summed E-state index contributed by atoms with van der Waals surface area (Å²) in [6, 6.07) is 1.81. The standard InChI is InChI=1S/C10H18N4O.ClH/c1-7-5-9(14(4)12-7)10(15)13(3)8(2)6-11;/h5,8H,6,11H2,1-4H3;1H. The van der Waals surface area contributed by atoms with Gasteiger partial charge in [-0.05, 0) is 19.9 Å². The third-order valence-electron chi connectivity index (χ3n) is 2.54. The van der Waals surface area contributed by atoms with Gasteiger partial charge in [0.05, 0.1) is 5.69 Å². The molecule has 5 nitrogen and oxygen atoms in total. The first kappa shape index (κ1) is 14.9. The number of likely N-dealkylation sites (N-methyl/N-ethyl adjacent to an activating group) is 1. The van der Waals surface area contributed by atoms with Crippen LogP contribution in [0.4, 0.5) is 0 Å². The maximum absolute atomic E-state index is 12.0. The van der Waals surface area contributed by atoms with E-state index in [1.807, 2.05) is 13.8 Å². The van der Waals surface area contributed by atoms with E-state index in [2.05, 4.69) is 5.10 Å². The predicted octanol–water partition coefficient (Wildman–Crippen LogP) is 0.570. The van der Waals surface area contributed by atoms with E-state index in [-0.39, 0.29) is 24.4 Å². The topological polar surface area (TPSA) is 64.2 Å². The molecule has 0 spiro atoms. The largest absolute Gasteiger partial charge is 0.336 e. The molecule has 0 fully saturated rings. The Kier molecular flexibility index (Phi) is 5.47. The highest BCUT2D eigenvalue weighted by Crippen LogP contribution is 2.07. The van der Waals surface area contributed by atoms with Crippen LogP contribution in [0.2, 0.25) is 0 Å². The first-order valence-electron chi connectivity index (χ1n) is 4.95. The Morgan fingerprint density at radius 3 is 2.62 bits per heavy atom. The number of aryl methyl sites for hydroxylation is 2. The molecule has 0 bridgehead atoms. The van der Waals surface area contributed by atoms with Crippen LogP contribution < -0.4 is 5.73 Å². The van der Waals surface area contributed by atoms with Crippen LogP contribution in [0.1, 0.15) is 23.1 Å². The third-order valence-corrected chi connectivity index (χ3v) is 2.54. The SMILES string of the molecule is Cc1cc(C(=O)N(C)C(C)CN)n(C)n1.Cl. The number of hydrogen-bond acceptors (Lipinski definition) is 3. The van der Waals surface area contributed by atoms with Crippen molar-refractivity contribution >= 4 is 18.3 Å². The van der Waals surface area contributed by atoms with Crippen molar-refractivity contribution in [1.29, 1.82) is 0 Å². The highest BCUT2D eigenvalue weighted by molar-refractivity contribution is 5.92. The molecule has 0 aliphatic rings. The Hall–Kier alpha value is -1.07. The van der Waals surface area contributed by atoms with Gasteiger partial charge in [0.2, 0.25) is 0 Å². The van der Waals surface area contributed by atoms with E-state index in [1.54, 1.807) is 29.7 Å². The lowest BCUT2D eigenvalue weighted by molar-refractivity contribution is 0.0737. The number of aromatic nitrogens is 2. The summed E-state index contributed by atoms with van der Waals surface area (Å²) in [6.07, 6.45) is 0. The van der Waals surface area contributed by atoms with Gasteiger partial charge in [0, 0.05) is 26.7 Å². The van der Waals surface area contributed by atoms with E-state index < -0.39 is 0 Å². The number of carbonyl (C=O) groups excluding carboxylic acids is 1. The number of rotatable bonds is 3. The summed E-state index contributed by atoms with van der Waals surface area (Å²) in [4.78, 5) is 13.6. The minimum absolute atomic E-state index is 0. The van der Waals surface area contributed by atoms with Crippen LogP contribution in [0.15, 0.2) is 6.07 Å². The average molecular weight is 247 g/mol. The van der Waals surface area contributed by atoms with Gasteiger partial charge < -0.3 is 10.6 Å². The fourth-order valence-electron chi connectivity index (χ4n) is 1.35. The zero-order valence-corrected chi connectivity index (χ0v) is 10.9. The van der Waals surface area contributed by atoms with Crippen molar-refractivity contribution < 1.29 is 4.79 Å². The van der Waals surface area contributed by atoms with Crippen molar-refractivity contribution in [2.45, 2.75) is 19.9 Å². The molecule has 1 unspecified atom stereocenters. The first-order valence-corrected chi connectivity index (χ1v) is 4.95. The van der Waals surface area contributed by atoms with Crippen molar-refractivity contribution in [1.82, 2.24) is 14.7 Å². The summed E-state index contributed by atoms with van der Waals surface area (Å²) in [7, 11) is 3.52. The first-order chi connectivity index (χ1) is 6.97. The molecule has 2 N–H and O–H groups in total. The molecule has 1 aromatic heterocycles. The second kappa shape index (κ2) is 5.86. The molecule has 1 heterocycles. The summed E-state index contributed by atoms with van der Waals surface area (Å²) in [5.74, 6) is -0.0453. The molecule has 0 aliphatic carbocycles. The Labute approximate surface area is 102 Å². The van der Waals surface area contributed by atoms with Crippen LogP contribution in [0, 0.1) is 6.92 Å². The molecule has 1 atom stereocenters. The average Bonchev–Trinajstić information content (AvgIpc) is 2.54. The highest BCUT2D eigenvalue weighted by Gasteiger charge is 2.19. The molecule has 0 saturated carbocycles. The molecule has 16 heavy (non-hydrogen) atoms. The molecule has 0 aromatic carbocycles. The molecule has 1 amide bonds. The minimum atomic E-state index is -0.0453. The Bertz CT molecular complexity index is 364. The van der Waals surface area contributed by atoms with Gasteiger partial charge in [-0.2, -0.15) is 5.10 Å². The lowest BCUT2D eigenvalue weighted by Gasteiger charge is -2.23. The van der Waals surface area contributed by atoms with Crippen LogP contribution in [-0.2, 0) is 7.05 Å². The molecular weight excluding hydrogens is 228 g/mol. The summed E-state index contributed by atoms with van der Waals surface area (Å²) in [5.41, 5.74) is 6.95. The van der Waals surface area contributed by atoms with E-state index in [4.69, 9.17) is 5.73 Å². The van der Waals surface area contributed by atoms with Gasteiger partial charge in [-0.1, -0.05) is 0 Å². The maximum atomic E-state index is 12.0. The third kappa shape index (κ3) is 2.96. The van der Waals surface area contributed by atoms with Crippen molar-refractivity contribution in [3.8, 4) is 0 Å². The van der Waals surface area contributed by atoms with Gasteiger partial charge >= 0.3 is 0 Å². The lowest BCUT2D eigenvalue weighted by atomic mass is 10.2. The highest BCUT2D eigenvalue weighted by atomic mass is 35.5. The fourth-order valence-corrected chi connectivity index (χ4v) is 1.35. The van der Waals surface area contributed by atoms with Crippen LogP contribution in [0.5, 0.6) is 0 Å². The molecule has 1 rings (SSSR count). The van der Waals surface area contributed by atoms with Gasteiger partial charge in [0.15, 0.2) is 0 Å². The number of hydrogen-bond donors (Lipinski definition) is 1. The monoisotopic (exact) mass is 246 g/mol. The Morgan fingerprint density at radius 2 is 2.25 bits per heavy atom. The predicted molar refractivity (Wildman–Crippen MR) is 65.8 cm³/mol. The molecule has 1 aromatic rings. The van der Waals surface area contributed by atoms with E-state index in [1.165, 1.54) is 0 Å². The minimum Gasteiger partial charge on any atom is -0.336 e. The summed E-state index contributed by atoms with van der Waals surface area (Å²) in [6.45, 7) is 4.24. The number of nitrogens with zero attached hydrogens (tertiary/aromatic N) is 3. The smallest absolute Gasteiger partial charge is 0.272 e. The van der Waals surface area contributed by atoms with E-state index >= 15 is 0 Å². The van der Waals surface area contributed by atoms with E-state index in [0.29, 0.717) is 12.2 Å². The summed E-state index contributed by atoms with van der Waals surface area (Å²) >= 11 is 0. The zero-order valence-electron chi connectivity index (χ0n) is 10.1. The molecule has 92 valence electrons. The van der Waals surface area contributed by atoms with Crippen molar-refractivity contribution in [3.63, 3.8) is 0 Å². The molecule has 0 saturated heterocycles. The van der Waals surface area contributed by atoms with Gasteiger partial charge in [-0.15, -0.1) is 12.4 Å². The zero-order chi connectivity index (χ0) is 11.6. The van der Waals surface area contributed by atoms with Gasteiger partial charge in [-0.25, -0.2) is 0 Å². The van der Waals surface area contributed by atoms with E-state index in [9.17, 15) is 4.79 Å². The second-order valence-corrected chi connectivity index (χ2v) is 3.80. The van der Waals surface area contributed by atoms with Crippen LogP contribution >= 0.6 is 12.4 Å². The van der Waals surface area contributed by atoms with Crippen LogP contribution in [-0.4, -0.2) is 40.2 Å².